The van der Waals surface area contributed by atoms with E-state index < -0.39 is 10.4 Å². The molecule has 0 unspecified atom stereocenters. The normalized spacial score (nSPS) is 8.50. The quantitative estimate of drug-likeness (QED) is 0.465. The first-order valence-corrected chi connectivity index (χ1v) is 10.9. The number of hydrogen-bond donors (Lipinski definition) is 0. The summed E-state index contributed by atoms with van der Waals surface area (Å²) in [6.45, 7) is 0. The van der Waals surface area contributed by atoms with Crippen LogP contribution in [0.15, 0.2) is 0 Å². The first-order valence-electron chi connectivity index (χ1n) is 0.623. The summed E-state index contributed by atoms with van der Waals surface area (Å²) in [5.41, 5.74) is 0. The van der Waals surface area contributed by atoms with Crippen LogP contribution in [0.25, 0.3) is 0 Å². The Morgan fingerprint density at radius 3 is 1.50 bits per heavy atom. The topological polar surface area (TPSA) is 34.1 Å². The molecule has 0 aromatic rings. The van der Waals surface area contributed by atoms with Crippen LogP contribution in [0.4, 0.5) is 0 Å². The van der Waals surface area contributed by atoms with Crippen molar-refractivity contribution in [2.45, 2.75) is 0 Å². The molecule has 2 nitrogen and oxygen atoms in total. The van der Waals surface area contributed by atoms with Crippen molar-refractivity contribution < 1.29 is 7.67 Å². The van der Waals surface area contributed by atoms with Gasteiger partial charge in [-0.05, 0) is 0 Å². The minimum absolute atomic E-state index is 0.436. The second kappa shape index (κ2) is 2.19. The third-order valence-electron chi connectivity index (χ3n) is 0. The monoisotopic (exact) mass is 236 g/mol. The molecule has 0 aromatic heterocycles. The molecule has 4 heavy (non-hydrogen) atoms. The van der Waals surface area contributed by atoms with Gasteiger partial charge in [0.15, 0.2) is 0 Å². The molecular weight excluding hydrogens is 233 g/mol. The van der Waals surface area contributed by atoms with Crippen molar-refractivity contribution in [2.24, 2.45) is 0 Å². The van der Waals surface area contributed by atoms with Gasteiger partial charge in [0.2, 0.25) is 0 Å². The molecule has 0 aliphatic rings. The predicted molar refractivity (Wildman–Crippen MR) is 17.1 cm³/mol. The first kappa shape index (κ1) is 4.94. The van der Waals surface area contributed by atoms with Gasteiger partial charge in [-0.15, -0.1) is 0 Å². The van der Waals surface area contributed by atoms with Crippen LogP contribution < -0.4 is 0 Å². The average molecular weight is 236 g/mol. The van der Waals surface area contributed by atoms with Crippen LogP contribution in [-0.4, -0.2) is 31.2 Å². The Morgan fingerprint density at radius 2 is 1.50 bits per heavy atom. The van der Waals surface area contributed by atoms with E-state index in [1.165, 1.54) is 0 Å². The molecule has 0 rings (SSSR count). The summed E-state index contributed by atoms with van der Waals surface area (Å²) >= 11 is 0.436. The maximum absolute atomic E-state index is 9.18. The van der Waals surface area contributed by atoms with E-state index in [-0.39, 0.29) is 0 Å². The molecule has 0 amide bonds. The Hall–Kier alpha value is 0.938. The average Bonchev–Trinajstić information content (AvgIpc) is 0.811. The predicted octanol–water partition coefficient (Wildman–Crippen LogP) is -1.80. The Morgan fingerprint density at radius 1 is 1.50 bits per heavy atom. The van der Waals surface area contributed by atoms with E-state index in [2.05, 4.69) is 0 Å². The molecule has 0 aliphatic carbocycles. The molecule has 0 N–H and O–H groups in total. The molecule has 26 valence electrons. The second-order valence-electron chi connectivity index (χ2n) is 0.285. The Labute approximate surface area is 38.9 Å². The van der Waals surface area contributed by atoms with E-state index in [0.717, 1.165) is 0 Å². The SMILES string of the molecule is O=[SeH](=O)[SbH2]. The van der Waals surface area contributed by atoms with Crippen LogP contribution in [0.1, 0.15) is 0 Å². The summed E-state index contributed by atoms with van der Waals surface area (Å²) in [6.07, 6.45) is 0. The van der Waals surface area contributed by atoms with E-state index in [1.54, 1.807) is 0 Å². The molecule has 0 atom stereocenters. The van der Waals surface area contributed by atoms with Crippen molar-refractivity contribution >= 4 is 31.2 Å². The van der Waals surface area contributed by atoms with Crippen LogP contribution in [0, 0.1) is 0 Å². The standard InChI is InChI=1S/HO2Se.Sb.2H/c1-3-2;;;/h3H;;;. The van der Waals surface area contributed by atoms with E-state index in [1.807, 2.05) is 0 Å². The zero-order chi connectivity index (χ0) is 3.58. The molecule has 0 heterocycles. The third-order valence-corrected chi connectivity index (χ3v) is 0. The summed E-state index contributed by atoms with van der Waals surface area (Å²) in [5.74, 6) is 0. The van der Waals surface area contributed by atoms with Crippen LogP contribution in [0.5, 0.6) is 0 Å². The molecule has 0 fully saturated rings. The van der Waals surface area contributed by atoms with Crippen molar-refractivity contribution in [2.75, 3.05) is 0 Å². The van der Waals surface area contributed by atoms with Gasteiger partial charge in [0, 0.05) is 0 Å². The van der Waals surface area contributed by atoms with Crippen molar-refractivity contribution in [3.63, 3.8) is 0 Å². The van der Waals surface area contributed by atoms with Gasteiger partial charge in [-0.2, -0.15) is 0 Å². The fraction of sp³-hybridized carbons (Fsp3) is 0. The Bertz CT molecular complexity index is 54.4. The molecular formula is H3O2SbSe. The fourth-order valence-corrected chi connectivity index (χ4v) is 0. The maximum atomic E-state index is 9.18. The van der Waals surface area contributed by atoms with Crippen molar-refractivity contribution in [3.05, 3.63) is 0 Å². The molecule has 0 aliphatic heterocycles. The summed E-state index contributed by atoms with van der Waals surface area (Å²) in [7, 11) is -2.56. The summed E-state index contributed by atoms with van der Waals surface area (Å²) in [5, 5.41) is 0. The van der Waals surface area contributed by atoms with E-state index in [4.69, 9.17) is 0 Å². The molecule has 0 saturated heterocycles. The summed E-state index contributed by atoms with van der Waals surface area (Å²) in [6, 6.07) is 0. The molecule has 4 heteroatoms. The zero-order valence-electron chi connectivity index (χ0n) is 1.84. The van der Waals surface area contributed by atoms with Crippen LogP contribution in [0.2, 0.25) is 0 Å². The van der Waals surface area contributed by atoms with Crippen molar-refractivity contribution in [1.29, 1.82) is 0 Å². The Kier molecular flexibility index (Phi) is 2.71. The van der Waals surface area contributed by atoms with Gasteiger partial charge in [0.1, 0.15) is 0 Å². The van der Waals surface area contributed by atoms with Gasteiger partial charge in [0.05, 0.1) is 0 Å². The Balaban J connectivity index is 3.51. The number of rotatable bonds is 0. The minimum atomic E-state index is -2.56. The molecule has 0 radical (unpaired) electrons. The van der Waals surface area contributed by atoms with Crippen molar-refractivity contribution in [3.8, 4) is 0 Å². The van der Waals surface area contributed by atoms with E-state index in [0.29, 0.717) is 20.7 Å². The molecule has 0 spiro atoms. The fourth-order valence-electron chi connectivity index (χ4n) is 0. The molecule has 0 aromatic carbocycles. The van der Waals surface area contributed by atoms with Gasteiger partial charge in [-0.3, -0.25) is 0 Å². The van der Waals surface area contributed by atoms with Crippen LogP contribution >= 0.6 is 0 Å². The first-order chi connectivity index (χ1) is 1.73. The van der Waals surface area contributed by atoms with E-state index in [9.17, 15) is 7.67 Å². The van der Waals surface area contributed by atoms with Crippen LogP contribution in [-0.2, 0) is 7.67 Å². The van der Waals surface area contributed by atoms with Gasteiger partial charge in [-0.25, -0.2) is 0 Å². The summed E-state index contributed by atoms with van der Waals surface area (Å²) in [4.78, 5) is 0. The third kappa shape index (κ3) is 12.5. The van der Waals surface area contributed by atoms with E-state index >= 15 is 0 Å². The van der Waals surface area contributed by atoms with Crippen LogP contribution in [0.3, 0.4) is 0 Å². The van der Waals surface area contributed by atoms with Gasteiger partial charge < -0.3 is 0 Å². The second-order valence-corrected chi connectivity index (χ2v) is 7.74. The van der Waals surface area contributed by atoms with Gasteiger partial charge in [0.25, 0.3) is 0 Å². The van der Waals surface area contributed by atoms with Gasteiger partial charge in [-0.1, -0.05) is 0 Å². The van der Waals surface area contributed by atoms with Crippen molar-refractivity contribution in [1.82, 2.24) is 0 Å². The zero-order valence-corrected chi connectivity index (χ0v) is 7.01. The molecule has 0 bridgehead atoms. The number of hydrogen-bond acceptors (Lipinski definition) is 2. The molecule has 0 saturated carbocycles. The summed E-state index contributed by atoms with van der Waals surface area (Å²) < 4.78 is 18.4. The van der Waals surface area contributed by atoms with Gasteiger partial charge >= 0.3 is 38.8 Å².